The van der Waals surface area contributed by atoms with E-state index in [9.17, 15) is 14.4 Å². The van der Waals surface area contributed by atoms with Gasteiger partial charge in [-0.05, 0) is 60.1 Å². The van der Waals surface area contributed by atoms with E-state index in [0.29, 0.717) is 17.0 Å². The van der Waals surface area contributed by atoms with E-state index in [1.54, 1.807) is 36.4 Å². The van der Waals surface area contributed by atoms with Crippen molar-refractivity contribution in [2.75, 3.05) is 11.5 Å². The van der Waals surface area contributed by atoms with E-state index in [1.165, 1.54) is 11.0 Å². The number of benzene rings is 2. The normalized spacial score (nSPS) is 15.4. The number of amides is 2. The maximum Gasteiger partial charge on any atom is 0.341 e. The molecule has 1 fully saturated rings. The largest absolute Gasteiger partial charge is 0.482 e. The second-order valence-corrected chi connectivity index (χ2v) is 6.62. The van der Waals surface area contributed by atoms with Gasteiger partial charge >= 0.3 is 5.97 Å². The molecule has 0 spiro atoms. The van der Waals surface area contributed by atoms with Crippen molar-refractivity contribution >= 4 is 46.9 Å². The van der Waals surface area contributed by atoms with Crippen LogP contribution in [0.2, 0.25) is 0 Å². The summed E-state index contributed by atoms with van der Waals surface area (Å²) in [4.78, 5) is 37.1. The van der Waals surface area contributed by atoms with Crippen molar-refractivity contribution in [1.82, 2.24) is 5.32 Å². The lowest BCUT2D eigenvalue weighted by molar-refractivity contribution is -0.139. The van der Waals surface area contributed by atoms with Crippen LogP contribution in [0.3, 0.4) is 0 Å². The number of nitrogens with one attached hydrogen (secondary N) is 1. The molecule has 1 saturated heterocycles. The van der Waals surface area contributed by atoms with Crippen LogP contribution >= 0.6 is 12.2 Å². The highest BCUT2D eigenvalue weighted by Gasteiger charge is 2.34. The fourth-order valence-electron chi connectivity index (χ4n) is 2.74. The zero-order chi connectivity index (χ0) is 21.0. The summed E-state index contributed by atoms with van der Waals surface area (Å²) < 4.78 is 5.07. The third kappa shape index (κ3) is 4.67. The second kappa shape index (κ2) is 8.66. The van der Waals surface area contributed by atoms with Gasteiger partial charge in [-0.1, -0.05) is 31.2 Å². The first kappa shape index (κ1) is 20.2. The van der Waals surface area contributed by atoms with Crippen molar-refractivity contribution in [3.8, 4) is 5.75 Å². The number of thiocarbonyl (C=S) groups is 1. The van der Waals surface area contributed by atoms with Gasteiger partial charge in [0.25, 0.3) is 11.8 Å². The Morgan fingerprint density at radius 3 is 2.38 bits per heavy atom. The number of carboxylic acid groups (broad SMARTS) is 1. The first-order chi connectivity index (χ1) is 13.9. The zero-order valence-electron chi connectivity index (χ0n) is 15.5. The van der Waals surface area contributed by atoms with E-state index in [0.717, 1.165) is 12.0 Å². The van der Waals surface area contributed by atoms with Gasteiger partial charge in [0.2, 0.25) is 0 Å². The number of aryl methyl sites for hydroxylation is 1. The minimum atomic E-state index is -1.08. The molecule has 2 aromatic carbocycles. The molecule has 2 amide bonds. The van der Waals surface area contributed by atoms with Gasteiger partial charge in [0.05, 0.1) is 5.69 Å². The van der Waals surface area contributed by atoms with Gasteiger partial charge in [-0.15, -0.1) is 0 Å². The average Bonchev–Trinajstić information content (AvgIpc) is 2.71. The van der Waals surface area contributed by atoms with Gasteiger partial charge in [0.15, 0.2) is 11.7 Å². The molecule has 0 aliphatic carbocycles. The Bertz CT molecular complexity index is 997. The second-order valence-electron chi connectivity index (χ2n) is 6.23. The minimum Gasteiger partial charge on any atom is -0.482 e. The van der Waals surface area contributed by atoms with Crippen molar-refractivity contribution in [3.05, 3.63) is 65.2 Å². The van der Waals surface area contributed by atoms with Crippen molar-refractivity contribution < 1.29 is 24.2 Å². The highest BCUT2D eigenvalue weighted by Crippen LogP contribution is 2.23. The van der Waals surface area contributed by atoms with Crippen LogP contribution < -0.4 is 15.0 Å². The molecule has 0 aromatic heterocycles. The van der Waals surface area contributed by atoms with Gasteiger partial charge < -0.3 is 9.84 Å². The number of hydrogen-bond acceptors (Lipinski definition) is 5. The predicted molar refractivity (Wildman–Crippen MR) is 112 cm³/mol. The summed E-state index contributed by atoms with van der Waals surface area (Å²) in [5, 5.41) is 11.2. The van der Waals surface area contributed by atoms with Crippen LogP contribution in [-0.2, 0) is 20.8 Å². The lowest BCUT2D eigenvalue weighted by atomic mass is 10.1. The van der Waals surface area contributed by atoms with Gasteiger partial charge in [0, 0.05) is 0 Å². The lowest BCUT2D eigenvalue weighted by Crippen LogP contribution is -2.54. The van der Waals surface area contributed by atoms with Gasteiger partial charge in [-0.3, -0.25) is 19.8 Å². The highest BCUT2D eigenvalue weighted by atomic mass is 32.1. The number of carboxylic acids is 1. The Kier molecular flexibility index (Phi) is 6.04. The number of aliphatic carboxylic acids is 1. The summed E-state index contributed by atoms with van der Waals surface area (Å²) in [5.41, 5.74) is 2.22. The number of nitrogens with zero attached hydrogens (tertiary/aromatic N) is 1. The molecular formula is C21H18N2O5S. The Hall–Kier alpha value is -3.52. The van der Waals surface area contributed by atoms with Crippen molar-refractivity contribution in [3.63, 3.8) is 0 Å². The van der Waals surface area contributed by atoms with Crippen molar-refractivity contribution in [1.29, 1.82) is 0 Å². The molecule has 0 atom stereocenters. The van der Waals surface area contributed by atoms with Crippen LogP contribution in [0.5, 0.6) is 5.75 Å². The molecule has 3 rings (SSSR count). The molecule has 0 saturated carbocycles. The summed E-state index contributed by atoms with van der Waals surface area (Å²) in [6.45, 7) is 1.58. The number of hydrogen-bond donors (Lipinski definition) is 2. The molecule has 1 heterocycles. The molecule has 8 heteroatoms. The van der Waals surface area contributed by atoms with E-state index in [2.05, 4.69) is 5.32 Å². The fraction of sp³-hybridized carbons (Fsp3) is 0.143. The average molecular weight is 410 g/mol. The van der Waals surface area contributed by atoms with Gasteiger partial charge in [-0.2, -0.15) is 0 Å². The van der Waals surface area contributed by atoms with Crippen LogP contribution in [0.25, 0.3) is 6.08 Å². The first-order valence-corrected chi connectivity index (χ1v) is 9.25. The number of carbonyl (C=O) groups excluding carboxylic acids is 2. The SMILES string of the molecule is CCc1ccc(N2C(=O)/C(=C/c3ccc(OCC(=O)O)cc3)C(=O)NC2=S)cc1. The number of ether oxygens (including phenoxy) is 1. The van der Waals surface area contributed by atoms with E-state index >= 15 is 0 Å². The van der Waals surface area contributed by atoms with Crippen LogP contribution in [0.1, 0.15) is 18.1 Å². The first-order valence-electron chi connectivity index (χ1n) is 8.84. The predicted octanol–water partition coefficient (Wildman–Crippen LogP) is 2.54. The van der Waals surface area contributed by atoms with Crippen LogP contribution in [0, 0.1) is 0 Å². The number of rotatable bonds is 6. The van der Waals surface area contributed by atoms with E-state index in [4.69, 9.17) is 22.1 Å². The highest BCUT2D eigenvalue weighted by molar-refractivity contribution is 7.80. The Balaban J connectivity index is 1.85. The maximum absolute atomic E-state index is 13.0. The van der Waals surface area contributed by atoms with E-state index in [-0.39, 0.29) is 10.7 Å². The molecule has 1 aliphatic heterocycles. The lowest BCUT2D eigenvalue weighted by Gasteiger charge is -2.29. The van der Waals surface area contributed by atoms with E-state index in [1.807, 2.05) is 19.1 Å². The summed E-state index contributed by atoms with van der Waals surface area (Å²) in [5.74, 6) is -1.81. The minimum absolute atomic E-state index is 0.0267. The Labute approximate surface area is 172 Å². The number of carbonyl (C=O) groups is 3. The summed E-state index contributed by atoms with van der Waals surface area (Å²) in [6, 6.07) is 13.7. The van der Waals surface area contributed by atoms with Crippen LogP contribution in [-0.4, -0.2) is 34.6 Å². The monoisotopic (exact) mass is 410 g/mol. The summed E-state index contributed by atoms with van der Waals surface area (Å²) in [7, 11) is 0. The fourth-order valence-corrected chi connectivity index (χ4v) is 3.03. The quantitative estimate of drug-likeness (QED) is 0.432. The number of anilines is 1. The van der Waals surface area contributed by atoms with Gasteiger partial charge in [0.1, 0.15) is 11.3 Å². The molecule has 29 heavy (non-hydrogen) atoms. The van der Waals surface area contributed by atoms with Crippen molar-refractivity contribution in [2.24, 2.45) is 0 Å². The molecule has 2 aromatic rings. The molecular weight excluding hydrogens is 392 g/mol. The zero-order valence-corrected chi connectivity index (χ0v) is 16.4. The molecule has 1 aliphatic rings. The Morgan fingerprint density at radius 1 is 1.14 bits per heavy atom. The molecule has 0 radical (unpaired) electrons. The van der Waals surface area contributed by atoms with Crippen LogP contribution in [0.4, 0.5) is 5.69 Å². The maximum atomic E-state index is 13.0. The third-order valence-electron chi connectivity index (χ3n) is 4.26. The van der Waals surface area contributed by atoms with Crippen molar-refractivity contribution in [2.45, 2.75) is 13.3 Å². The standard InChI is InChI=1S/C21H18N2O5S/c1-2-13-3-7-15(8-4-13)23-20(27)17(19(26)22-21(23)29)11-14-5-9-16(10-6-14)28-12-18(24)25/h3-11H,2,12H2,1H3,(H,24,25)(H,22,26,29)/b17-11+. The Morgan fingerprint density at radius 2 is 1.79 bits per heavy atom. The van der Waals surface area contributed by atoms with Crippen LogP contribution in [0.15, 0.2) is 54.1 Å². The molecule has 7 nitrogen and oxygen atoms in total. The smallest absolute Gasteiger partial charge is 0.341 e. The van der Waals surface area contributed by atoms with E-state index < -0.39 is 24.4 Å². The molecule has 148 valence electrons. The molecule has 2 N–H and O–H groups in total. The summed E-state index contributed by atoms with van der Waals surface area (Å²) in [6.07, 6.45) is 2.32. The molecule has 0 bridgehead atoms. The third-order valence-corrected chi connectivity index (χ3v) is 4.54. The molecule has 0 unspecified atom stereocenters. The summed E-state index contributed by atoms with van der Waals surface area (Å²) >= 11 is 5.19. The van der Waals surface area contributed by atoms with Gasteiger partial charge in [-0.25, -0.2) is 4.79 Å². The topological polar surface area (TPSA) is 95.9 Å².